The molecule has 0 saturated carbocycles. The average Bonchev–Trinajstić information content (AvgIpc) is 2.50. The topological polar surface area (TPSA) is 68.7 Å². The molecule has 0 unspecified atom stereocenters. The van der Waals surface area contributed by atoms with Gasteiger partial charge >= 0.3 is 5.97 Å². The van der Waals surface area contributed by atoms with Crippen molar-refractivity contribution in [3.8, 4) is 11.6 Å². The number of esters is 1. The summed E-state index contributed by atoms with van der Waals surface area (Å²) in [4.78, 5) is 16.2. The molecule has 0 amide bonds. The van der Waals surface area contributed by atoms with Crippen molar-refractivity contribution in [3.05, 3.63) is 30.0 Å². The van der Waals surface area contributed by atoms with E-state index < -0.39 is 5.97 Å². The van der Waals surface area contributed by atoms with Gasteiger partial charge in [0.15, 0.2) is 11.4 Å². The van der Waals surface area contributed by atoms with Crippen LogP contribution < -0.4 is 4.74 Å². The summed E-state index contributed by atoms with van der Waals surface area (Å²) < 4.78 is 10.6. The molecule has 0 aliphatic carbocycles. The number of carbonyl (C=O) groups excluding carboxylic acids is 1. The molecule has 0 atom stereocenters. The normalized spacial score (nSPS) is 10.6. The monoisotopic (exact) mass is 289 g/mol. The molecule has 0 bridgehead atoms. The molecule has 2 rings (SSSR count). The Morgan fingerprint density at radius 1 is 1.24 bits per heavy atom. The van der Waals surface area contributed by atoms with Crippen LogP contribution in [0.1, 0.15) is 37.2 Å². The van der Waals surface area contributed by atoms with Crippen LogP contribution in [0.2, 0.25) is 0 Å². The number of aromatic hydroxyl groups is 1. The number of benzene rings is 1. The Labute approximate surface area is 123 Å². The van der Waals surface area contributed by atoms with Crippen molar-refractivity contribution >= 4 is 16.7 Å². The van der Waals surface area contributed by atoms with E-state index in [1.54, 1.807) is 18.2 Å². The van der Waals surface area contributed by atoms with Gasteiger partial charge in [0.2, 0.25) is 5.88 Å². The van der Waals surface area contributed by atoms with E-state index in [1.807, 2.05) is 19.9 Å². The van der Waals surface area contributed by atoms with Crippen molar-refractivity contribution in [2.45, 2.75) is 26.7 Å². The van der Waals surface area contributed by atoms with E-state index in [0.29, 0.717) is 29.9 Å². The first-order chi connectivity index (χ1) is 10.2. The third-order valence-electron chi connectivity index (χ3n) is 3.06. The van der Waals surface area contributed by atoms with Crippen molar-refractivity contribution < 1.29 is 19.4 Å². The first-order valence-corrected chi connectivity index (χ1v) is 7.10. The number of ether oxygens (including phenoxy) is 2. The predicted molar refractivity (Wildman–Crippen MR) is 79.8 cm³/mol. The van der Waals surface area contributed by atoms with Crippen LogP contribution in [0.5, 0.6) is 11.6 Å². The van der Waals surface area contributed by atoms with Crippen molar-refractivity contribution in [3.63, 3.8) is 0 Å². The highest BCUT2D eigenvalue weighted by atomic mass is 16.5. The maximum Gasteiger partial charge on any atom is 0.360 e. The summed E-state index contributed by atoms with van der Waals surface area (Å²) in [5, 5.41) is 11.4. The highest BCUT2D eigenvalue weighted by Gasteiger charge is 2.20. The van der Waals surface area contributed by atoms with Gasteiger partial charge in [-0.05, 0) is 19.4 Å². The molecule has 5 nitrogen and oxygen atoms in total. The fraction of sp³-hybridized carbons (Fsp3) is 0.375. The molecule has 0 aliphatic heterocycles. The zero-order chi connectivity index (χ0) is 15.2. The fourth-order valence-electron chi connectivity index (χ4n) is 1.99. The zero-order valence-corrected chi connectivity index (χ0v) is 12.3. The van der Waals surface area contributed by atoms with Gasteiger partial charge in [0, 0.05) is 10.8 Å². The summed E-state index contributed by atoms with van der Waals surface area (Å²) in [6.45, 7) is 4.58. The molecule has 21 heavy (non-hydrogen) atoms. The summed E-state index contributed by atoms with van der Waals surface area (Å²) in [7, 11) is 0. The van der Waals surface area contributed by atoms with Crippen molar-refractivity contribution in [2.75, 3.05) is 13.2 Å². The molecule has 1 aromatic carbocycles. The van der Waals surface area contributed by atoms with Crippen LogP contribution in [-0.2, 0) is 4.74 Å². The van der Waals surface area contributed by atoms with Crippen LogP contribution in [0.15, 0.2) is 24.3 Å². The van der Waals surface area contributed by atoms with E-state index in [1.165, 1.54) is 0 Å². The van der Waals surface area contributed by atoms with Crippen molar-refractivity contribution in [2.24, 2.45) is 0 Å². The molecule has 2 aromatic rings. The Bertz CT molecular complexity index is 639. The maximum absolute atomic E-state index is 12.0. The fourth-order valence-corrected chi connectivity index (χ4v) is 1.99. The molecule has 112 valence electrons. The lowest BCUT2D eigenvalue weighted by atomic mass is 10.1. The third kappa shape index (κ3) is 3.24. The first-order valence-electron chi connectivity index (χ1n) is 7.10. The largest absolute Gasteiger partial charge is 0.505 e. The van der Waals surface area contributed by atoms with Gasteiger partial charge in [-0.2, -0.15) is 0 Å². The van der Waals surface area contributed by atoms with Crippen LogP contribution in [-0.4, -0.2) is 29.3 Å². The first kappa shape index (κ1) is 15.1. The lowest BCUT2D eigenvalue weighted by molar-refractivity contribution is 0.0488. The van der Waals surface area contributed by atoms with Crippen LogP contribution in [0.4, 0.5) is 0 Å². The van der Waals surface area contributed by atoms with Crippen molar-refractivity contribution in [1.29, 1.82) is 0 Å². The molecule has 0 radical (unpaired) electrons. The molecule has 1 aromatic heterocycles. The number of carbonyl (C=O) groups is 1. The minimum atomic E-state index is -0.632. The quantitative estimate of drug-likeness (QED) is 0.652. The second kappa shape index (κ2) is 6.92. The van der Waals surface area contributed by atoms with Gasteiger partial charge in [-0.15, -0.1) is 0 Å². The number of pyridine rings is 1. The lowest BCUT2D eigenvalue weighted by Crippen LogP contribution is -2.10. The lowest BCUT2D eigenvalue weighted by Gasteiger charge is -2.11. The van der Waals surface area contributed by atoms with E-state index in [9.17, 15) is 9.90 Å². The Morgan fingerprint density at radius 2 is 1.95 bits per heavy atom. The van der Waals surface area contributed by atoms with E-state index in [0.717, 1.165) is 12.8 Å². The summed E-state index contributed by atoms with van der Waals surface area (Å²) in [5.41, 5.74) is -0.103. The molecule has 0 saturated heterocycles. The van der Waals surface area contributed by atoms with Crippen LogP contribution in [0, 0.1) is 0 Å². The average molecular weight is 289 g/mol. The highest BCUT2D eigenvalue weighted by molar-refractivity contribution is 6.01. The molecule has 0 aliphatic rings. The minimum absolute atomic E-state index is 0.103. The third-order valence-corrected chi connectivity index (χ3v) is 3.06. The number of aromatic nitrogens is 1. The molecule has 1 heterocycles. The molecule has 5 heteroatoms. The standard InChI is InChI=1S/C16H19NO4/c1-3-5-10-21-16(19)13-14(18)11-8-6-7-9-12(11)15(17-13)20-4-2/h6-9,18H,3-5,10H2,1-2H3. The van der Waals surface area contributed by atoms with Gasteiger partial charge in [0.25, 0.3) is 0 Å². The van der Waals surface area contributed by atoms with E-state index in [4.69, 9.17) is 9.47 Å². The SMILES string of the molecule is CCCCOC(=O)c1nc(OCC)c2ccccc2c1O. The Hall–Kier alpha value is -2.30. The number of fused-ring (bicyclic) bond motifs is 1. The van der Waals surface area contributed by atoms with Gasteiger partial charge < -0.3 is 14.6 Å². The highest BCUT2D eigenvalue weighted by Crippen LogP contribution is 2.33. The van der Waals surface area contributed by atoms with E-state index >= 15 is 0 Å². The summed E-state index contributed by atoms with van der Waals surface area (Å²) in [6.07, 6.45) is 1.70. The minimum Gasteiger partial charge on any atom is -0.505 e. The number of nitrogens with zero attached hydrogens (tertiary/aromatic N) is 1. The Morgan fingerprint density at radius 3 is 2.62 bits per heavy atom. The molecule has 0 spiro atoms. The smallest absolute Gasteiger partial charge is 0.360 e. The Kier molecular flexibility index (Phi) is 4.98. The van der Waals surface area contributed by atoms with E-state index in [-0.39, 0.29) is 11.4 Å². The Balaban J connectivity index is 2.43. The molecule has 0 fully saturated rings. The maximum atomic E-state index is 12.0. The summed E-state index contributed by atoms with van der Waals surface area (Å²) in [6, 6.07) is 7.12. The molecule has 1 N–H and O–H groups in total. The number of hydrogen-bond donors (Lipinski definition) is 1. The second-order valence-electron chi connectivity index (χ2n) is 4.58. The molecular formula is C16H19NO4. The van der Waals surface area contributed by atoms with Crippen LogP contribution in [0.3, 0.4) is 0 Å². The number of hydrogen-bond acceptors (Lipinski definition) is 5. The van der Waals surface area contributed by atoms with Crippen LogP contribution >= 0.6 is 0 Å². The second-order valence-corrected chi connectivity index (χ2v) is 4.58. The van der Waals surface area contributed by atoms with Crippen LogP contribution in [0.25, 0.3) is 10.8 Å². The van der Waals surface area contributed by atoms with Gasteiger partial charge in [-0.25, -0.2) is 9.78 Å². The number of rotatable bonds is 6. The van der Waals surface area contributed by atoms with Gasteiger partial charge in [0.05, 0.1) is 13.2 Å². The zero-order valence-electron chi connectivity index (χ0n) is 12.3. The molecular weight excluding hydrogens is 270 g/mol. The van der Waals surface area contributed by atoms with Gasteiger partial charge in [0.1, 0.15) is 0 Å². The predicted octanol–water partition coefficient (Wildman–Crippen LogP) is 3.30. The summed E-state index contributed by atoms with van der Waals surface area (Å²) >= 11 is 0. The van der Waals surface area contributed by atoms with E-state index in [2.05, 4.69) is 4.98 Å². The van der Waals surface area contributed by atoms with Crippen molar-refractivity contribution in [1.82, 2.24) is 4.98 Å². The van der Waals surface area contributed by atoms with Gasteiger partial charge in [-0.1, -0.05) is 31.5 Å². The summed E-state index contributed by atoms with van der Waals surface area (Å²) in [5.74, 6) is -0.475. The van der Waals surface area contributed by atoms with Gasteiger partial charge in [-0.3, -0.25) is 0 Å². The number of unbranched alkanes of at least 4 members (excludes halogenated alkanes) is 1.